The maximum Gasteiger partial charge on any atom is 0.263 e. The zero-order chi connectivity index (χ0) is 13.8. The van der Waals surface area contributed by atoms with Gasteiger partial charge in [-0.05, 0) is 41.6 Å². The van der Waals surface area contributed by atoms with Crippen LogP contribution in [-0.4, -0.2) is 45.2 Å². The lowest BCUT2D eigenvalue weighted by molar-refractivity contribution is 0.249. The average molecular weight is 370 g/mol. The third-order valence-corrected chi connectivity index (χ3v) is 7.12. The minimum Gasteiger partial charge on any atom is -0.235 e. The molecule has 106 valence electrons. The Bertz CT molecular complexity index is 571. The summed E-state index contributed by atoms with van der Waals surface area (Å²) in [6, 6.07) is 0.0149. The van der Waals surface area contributed by atoms with E-state index in [9.17, 15) is 8.42 Å². The summed E-state index contributed by atoms with van der Waals surface area (Å²) in [6.07, 6.45) is 3.21. The van der Waals surface area contributed by atoms with E-state index >= 15 is 0 Å². The van der Waals surface area contributed by atoms with Crippen molar-refractivity contribution in [2.24, 2.45) is 7.05 Å². The van der Waals surface area contributed by atoms with Gasteiger partial charge in [0.1, 0.15) is 0 Å². The van der Waals surface area contributed by atoms with E-state index in [1.807, 2.05) is 0 Å². The van der Waals surface area contributed by atoms with Gasteiger partial charge in [-0.3, -0.25) is 0 Å². The van der Waals surface area contributed by atoms with Crippen LogP contribution >= 0.6 is 27.5 Å². The van der Waals surface area contributed by atoms with Crippen molar-refractivity contribution in [3.05, 3.63) is 4.60 Å². The van der Waals surface area contributed by atoms with Crippen LogP contribution in [0.5, 0.6) is 0 Å². The largest absolute Gasteiger partial charge is 0.263 e. The molecule has 0 spiro atoms. The molecule has 6 nitrogen and oxygen atoms in total. The first-order chi connectivity index (χ1) is 8.91. The number of rotatable bonds is 2. The topological polar surface area (TPSA) is 68.1 Å². The summed E-state index contributed by atoms with van der Waals surface area (Å²) in [4.78, 5) is 0. The summed E-state index contributed by atoms with van der Waals surface area (Å²) in [5, 5.41) is 7.71. The lowest BCUT2D eigenvalue weighted by atomic mass is 10.1. The van der Waals surface area contributed by atoms with Crippen LogP contribution < -0.4 is 0 Å². The lowest BCUT2D eigenvalue weighted by Crippen LogP contribution is -2.47. The van der Waals surface area contributed by atoms with E-state index < -0.39 is 10.0 Å². The molecular weight excluding hydrogens is 356 g/mol. The van der Waals surface area contributed by atoms with Crippen molar-refractivity contribution in [1.82, 2.24) is 19.3 Å². The van der Waals surface area contributed by atoms with Crippen molar-refractivity contribution in [3.63, 3.8) is 0 Å². The van der Waals surface area contributed by atoms with Crippen molar-refractivity contribution < 1.29 is 8.42 Å². The second-order valence-electron chi connectivity index (χ2n) is 5.10. The van der Waals surface area contributed by atoms with Crippen LogP contribution in [0.2, 0.25) is 0 Å². The molecule has 2 aliphatic heterocycles. The number of aryl methyl sites for hydroxylation is 1. The van der Waals surface area contributed by atoms with Crippen LogP contribution in [0.4, 0.5) is 0 Å². The zero-order valence-electron chi connectivity index (χ0n) is 10.3. The van der Waals surface area contributed by atoms with E-state index in [4.69, 9.17) is 11.6 Å². The summed E-state index contributed by atoms with van der Waals surface area (Å²) in [5.74, 6) is 0. The van der Waals surface area contributed by atoms with E-state index in [0.717, 1.165) is 25.7 Å². The molecule has 9 heteroatoms. The Hall–Kier alpha value is -0.180. The predicted molar refractivity (Wildman–Crippen MR) is 73.4 cm³/mol. The van der Waals surface area contributed by atoms with Gasteiger partial charge < -0.3 is 0 Å². The third kappa shape index (κ3) is 2.12. The quantitative estimate of drug-likeness (QED) is 0.741. The molecule has 1 aromatic rings. The minimum atomic E-state index is -3.57. The van der Waals surface area contributed by atoms with E-state index in [0.29, 0.717) is 0 Å². The zero-order valence-corrected chi connectivity index (χ0v) is 13.5. The van der Waals surface area contributed by atoms with Crippen molar-refractivity contribution >= 4 is 37.6 Å². The van der Waals surface area contributed by atoms with Gasteiger partial charge in [0, 0.05) is 24.5 Å². The molecule has 0 radical (unpaired) electrons. The molecule has 2 fully saturated rings. The lowest BCUT2D eigenvalue weighted by Gasteiger charge is -2.35. The average Bonchev–Trinajstić information content (AvgIpc) is 2.79. The monoisotopic (exact) mass is 368 g/mol. The molecule has 0 aromatic carbocycles. The van der Waals surface area contributed by atoms with Crippen LogP contribution in [-0.2, 0) is 17.1 Å². The molecule has 3 heterocycles. The summed E-state index contributed by atoms with van der Waals surface area (Å²) in [7, 11) is -1.99. The first kappa shape index (κ1) is 13.8. The molecule has 19 heavy (non-hydrogen) atoms. The van der Waals surface area contributed by atoms with Crippen molar-refractivity contribution in [2.45, 2.75) is 48.2 Å². The highest BCUT2D eigenvalue weighted by Gasteiger charge is 2.48. The number of piperidine rings is 1. The Morgan fingerprint density at radius 3 is 2.37 bits per heavy atom. The molecule has 1 aromatic heterocycles. The second-order valence-corrected chi connectivity index (χ2v) is 8.22. The molecule has 3 rings (SSSR count). The maximum atomic E-state index is 12.8. The van der Waals surface area contributed by atoms with E-state index in [1.54, 1.807) is 11.4 Å². The van der Waals surface area contributed by atoms with Crippen LogP contribution in [0.3, 0.4) is 0 Å². The van der Waals surface area contributed by atoms with E-state index in [1.165, 1.54) is 4.68 Å². The van der Waals surface area contributed by atoms with Crippen LogP contribution in [0, 0.1) is 0 Å². The van der Waals surface area contributed by atoms with Crippen molar-refractivity contribution in [2.75, 3.05) is 0 Å². The van der Waals surface area contributed by atoms with Gasteiger partial charge in [0.25, 0.3) is 10.0 Å². The van der Waals surface area contributed by atoms with Crippen LogP contribution in [0.25, 0.3) is 0 Å². The van der Waals surface area contributed by atoms with Gasteiger partial charge in [0.15, 0.2) is 4.60 Å². The van der Waals surface area contributed by atoms with Gasteiger partial charge in [-0.25, -0.2) is 13.1 Å². The molecule has 2 saturated heterocycles. The van der Waals surface area contributed by atoms with Gasteiger partial charge in [0.2, 0.25) is 5.03 Å². The van der Waals surface area contributed by atoms with Crippen LogP contribution in [0.1, 0.15) is 25.7 Å². The summed E-state index contributed by atoms with van der Waals surface area (Å²) < 4.78 is 28.8. The molecule has 2 aliphatic rings. The Balaban J connectivity index is 2.03. The Kier molecular flexibility index (Phi) is 3.40. The minimum absolute atomic E-state index is 0.00745. The molecule has 0 N–H and O–H groups in total. The highest BCUT2D eigenvalue weighted by Crippen LogP contribution is 2.41. The molecule has 0 aliphatic carbocycles. The van der Waals surface area contributed by atoms with Gasteiger partial charge in [-0.15, -0.1) is 16.7 Å². The summed E-state index contributed by atoms with van der Waals surface area (Å²) in [6.45, 7) is 0. The Morgan fingerprint density at radius 1 is 1.32 bits per heavy atom. The number of alkyl halides is 1. The number of aromatic nitrogens is 3. The van der Waals surface area contributed by atoms with Gasteiger partial charge in [0.05, 0.1) is 0 Å². The van der Waals surface area contributed by atoms with E-state index in [-0.39, 0.29) is 27.1 Å². The number of sulfonamides is 1. The Morgan fingerprint density at radius 2 is 1.89 bits per heavy atom. The van der Waals surface area contributed by atoms with Crippen molar-refractivity contribution in [1.29, 1.82) is 0 Å². The number of hydrogen-bond donors (Lipinski definition) is 0. The summed E-state index contributed by atoms with van der Waals surface area (Å²) in [5.41, 5.74) is 0. The number of halogens is 2. The van der Waals surface area contributed by atoms with Crippen LogP contribution in [0.15, 0.2) is 9.63 Å². The predicted octanol–water partition coefficient (Wildman–Crippen LogP) is 1.50. The number of nitrogens with zero attached hydrogens (tertiary/aromatic N) is 4. The third-order valence-electron chi connectivity index (χ3n) is 3.87. The molecule has 0 saturated carbocycles. The highest BCUT2D eigenvalue weighted by molar-refractivity contribution is 9.10. The first-order valence-corrected chi connectivity index (χ1v) is 8.81. The fraction of sp³-hybridized carbons (Fsp3) is 0.800. The molecule has 0 amide bonds. The second kappa shape index (κ2) is 4.68. The molecular formula is C10H14BrClN4O2S. The highest BCUT2D eigenvalue weighted by atomic mass is 79.9. The molecule has 2 unspecified atom stereocenters. The number of hydrogen-bond acceptors (Lipinski definition) is 4. The summed E-state index contributed by atoms with van der Waals surface area (Å²) >= 11 is 9.35. The number of fused-ring (bicyclic) bond motifs is 2. The standard InChI is InChI=1S/C10H14BrClN4O2S/c1-15-10(9(11)13-14-15)19(17,18)16-7-2-3-8(16)5-6(12)4-7/h6-8H,2-5H2,1H3. The van der Waals surface area contributed by atoms with Crippen molar-refractivity contribution in [3.8, 4) is 0 Å². The fourth-order valence-electron chi connectivity index (χ4n) is 3.16. The van der Waals surface area contributed by atoms with Gasteiger partial charge in [-0.1, -0.05) is 5.21 Å². The SMILES string of the molecule is Cn1nnc(Br)c1S(=O)(=O)N1C2CCC1CC(Cl)C2. The first-order valence-electron chi connectivity index (χ1n) is 6.14. The fourth-order valence-corrected chi connectivity index (χ4v) is 6.50. The normalized spacial score (nSPS) is 31.8. The molecule has 2 atom stereocenters. The van der Waals surface area contributed by atoms with Gasteiger partial charge in [-0.2, -0.15) is 4.31 Å². The Labute approximate surface area is 125 Å². The smallest absolute Gasteiger partial charge is 0.235 e. The van der Waals surface area contributed by atoms with Gasteiger partial charge >= 0.3 is 0 Å². The maximum absolute atomic E-state index is 12.8. The van der Waals surface area contributed by atoms with E-state index in [2.05, 4.69) is 26.2 Å². The molecule has 2 bridgehead atoms.